The molecule has 0 spiro atoms. The minimum Gasteiger partial charge on any atom is -0.322 e. The summed E-state index contributed by atoms with van der Waals surface area (Å²) >= 11 is 0. The van der Waals surface area contributed by atoms with E-state index in [1.807, 2.05) is 30.3 Å². The summed E-state index contributed by atoms with van der Waals surface area (Å²) in [5, 5.41) is 4.61. The highest BCUT2D eigenvalue weighted by atomic mass is 32.2. The lowest BCUT2D eigenvalue weighted by Gasteiger charge is -2.09. The maximum Gasteiger partial charge on any atom is 0.294 e. The first-order chi connectivity index (χ1) is 11.3. The molecule has 3 aromatic rings. The molecule has 3 rings (SSSR count). The molecule has 0 atom stereocenters. The summed E-state index contributed by atoms with van der Waals surface area (Å²) in [5.74, 6) is -0.356. The van der Waals surface area contributed by atoms with Gasteiger partial charge in [0.05, 0.1) is 4.90 Å². The number of hydrogen-bond donors (Lipinski definition) is 2. The van der Waals surface area contributed by atoms with E-state index >= 15 is 0 Å². The highest BCUT2D eigenvalue weighted by Gasteiger charge is 2.15. The molecule has 0 saturated heterocycles. The molecule has 0 unspecified atom stereocenters. The monoisotopic (exact) mass is 341 g/mol. The number of carbonyl (C=O) groups is 1. The Balaban J connectivity index is 1.91. The summed E-state index contributed by atoms with van der Waals surface area (Å²) in [6.45, 7) is 1.57. The highest BCUT2D eigenvalue weighted by molar-refractivity contribution is 7.85. The average Bonchev–Trinajstić information content (AvgIpc) is 2.55. The van der Waals surface area contributed by atoms with Crippen LogP contribution in [0.1, 0.15) is 15.9 Å². The quantitative estimate of drug-likeness (QED) is 0.712. The normalized spacial score (nSPS) is 11.4. The lowest BCUT2D eigenvalue weighted by atomic mass is 10.1. The molecule has 24 heavy (non-hydrogen) atoms. The van der Waals surface area contributed by atoms with Crippen molar-refractivity contribution in [1.29, 1.82) is 0 Å². The number of nitrogens with one attached hydrogen (secondary N) is 1. The molecule has 1 amide bonds. The lowest BCUT2D eigenvalue weighted by molar-refractivity contribution is 0.102. The Labute approximate surface area is 139 Å². The molecule has 0 radical (unpaired) electrons. The van der Waals surface area contributed by atoms with Gasteiger partial charge in [0.1, 0.15) is 0 Å². The second kappa shape index (κ2) is 6.07. The van der Waals surface area contributed by atoms with Gasteiger partial charge in [0, 0.05) is 11.3 Å². The molecule has 0 aliphatic heterocycles. The van der Waals surface area contributed by atoms with Crippen LogP contribution >= 0.6 is 0 Å². The smallest absolute Gasteiger partial charge is 0.294 e. The summed E-state index contributed by atoms with van der Waals surface area (Å²) in [6.07, 6.45) is 0. The van der Waals surface area contributed by atoms with Gasteiger partial charge in [-0.2, -0.15) is 8.42 Å². The van der Waals surface area contributed by atoms with Gasteiger partial charge < -0.3 is 5.32 Å². The molecule has 2 N–H and O–H groups in total. The first kappa shape index (κ1) is 16.2. The third kappa shape index (κ3) is 3.29. The molecule has 0 saturated carbocycles. The molecule has 6 heteroatoms. The predicted molar refractivity (Wildman–Crippen MR) is 92.9 cm³/mol. The van der Waals surface area contributed by atoms with Crippen LogP contribution in [0, 0.1) is 6.92 Å². The SMILES string of the molecule is Cc1ccc(NC(=O)c2ccc3ccccc3c2)cc1S(=O)(=O)O. The fourth-order valence-electron chi connectivity index (χ4n) is 2.49. The summed E-state index contributed by atoms with van der Waals surface area (Å²) in [5.41, 5.74) is 1.16. The van der Waals surface area contributed by atoms with Crippen molar-refractivity contribution >= 4 is 32.5 Å². The van der Waals surface area contributed by atoms with Crippen LogP contribution in [0.2, 0.25) is 0 Å². The minimum atomic E-state index is -4.34. The van der Waals surface area contributed by atoms with Crippen LogP contribution in [-0.2, 0) is 10.1 Å². The standard InChI is InChI=1S/C18H15NO4S/c1-12-6-9-16(11-17(12)24(21,22)23)19-18(20)15-8-7-13-4-2-3-5-14(13)10-15/h2-11H,1H3,(H,19,20)(H,21,22,23). The van der Waals surface area contributed by atoms with Crippen molar-refractivity contribution in [2.24, 2.45) is 0 Å². The number of fused-ring (bicyclic) bond motifs is 1. The second-order valence-corrected chi connectivity index (χ2v) is 6.86. The fourth-order valence-corrected chi connectivity index (χ4v) is 3.24. The molecule has 0 heterocycles. The van der Waals surface area contributed by atoms with Gasteiger partial charge in [-0.1, -0.05) is 36.4 Å². The Hall–Kier alpha value is -2.70. The van der Waals surface area contributed by atoms with E-state index in [1.165, 1.54) is 12.1 Å². The van der Waals surface area contributed by atoms with Gasteiger partial charge in [-0.25, -0.2) is 0 Å². The molecule has 0 bridgehead atoms. The van der Waals surface area contributed by atoms with Crippen LogP contribution in [0.15, 0.2) is 65.6 Å². The maximum absolute atomic E-state index is 12.4. The zero-order valence-corrected chi connectivity index (χ0v) is 13.7. The average molecular weight is 341 g/mol. The van der Waals surface area contributed by atoms with Gasteiger partial charge in [0.25, 0.3) is 16.0 Å². The number of carbonyl (C=O) groups excluding carboxylic acids is 1. The Bertz CT molecular complexity index is 1040. The van der Waals surface area contributed by atoms with Crippen LogP contribution in [0.4, 0.5) is 5.69 Å². The number of aryl methyl sites for hydroxylation is 1. The summed E-state index contributed by atoms with van der Waals surface area (Å²) < 4.78 is 31.9. The highest BCUT2D eigenvalue weighted by Crippen LogP contribution is 2.21. The molecule has 122 valence electrons. The Morgan fingerprint density at radius 2 is 1.67 bits per heavy atom. The van der Waals surface area contributed by atoms with Crippen molar-refractivity contribution in [2.75, 3.05) is 5.32 Å². The van der Waals surface area contributed by atoms with Gasteiger partial charge in [0.2, 0.25) is 0 Å². The molecule has 0 aliphatic rings. The number of amides is 1. The first-order valence-corrected chi connectivity index (χ1v) is 8.67. The van der Waals surface area contributed by atoms with Crippen molar-refractivity contribution in [3.8, 4) is 0 Å². The fraction of sp³-hybridized carbons (Fsp3) is 0.0556. The third-order valence-corrected chi connectivity index (χ3v) is 4.73. The van der Waals surface area contributed by atoms with Crippen LogP contribution in [-0.4, -0.2) is 18.9 Å². The van der Waals surface area contributed by atoms with E-state index in [-0.39, 0.29) is 10.8 Å². The first-order valence-electron chi connectivity index (χ1n) is 7.23. The van der Waals surface area contributed by atoms with Crippen molar-refractivity contribution in [1.82, 2.24) is 0 Å². The lowest BCUT2D eigenvalue weighted by Crippen LogP contribution is -2.12. The van der Waals surface area contributed by atoms with Crippen LogP contribution in [0.5, 0.6) is 0 Å². The van der Waals surface area contributed by atoms with E-state index in [2.05, 4.69) is 5.32 Å². The topological polar surface area (TPSA) is 83.5 Å². The summed E-state index contributed by atoms with van der Waals surface area (Å²) in [6, 6.07) is 17.4. The summed E-state index contributed by atoms with van der Waals surface area (Å²) in [7, 11) is -4.34. The van der Waals surface area contributed by atoms with Gasteiger partial charge in [-0.15, -0.1) is 0 Å². The number of benzene rings is 3. The Morgan fingerprint density at radius 3 is 2.38 bits per heavy atom. The van der Waals surface area contributed by atoms with E-state index in [1.54, 1.807) is 25.1 Å². The van der Waals surface area contributed by atoms with Crippen LogP contribution in [0.25, 0.3) is 10.8 Å². The predicted octanol–water partition coefficient (Wildman–Crippen LogP) is 3.65. The van der Waals surface area contributed by atoms with Crippen molar-refractivity contribution < 1.29 is 17.8 Å². The summed E-state index contributed by atoms with van der Waals surface area (Å²) in [4.78, 5) is 12.2. The van der Waals surface area contributed by atoms with Gasteiger partial charge in [-0.3, -0.25) is 9.35 Å². The molecule has 0 aliphatic carbocycles. The molecular formula is C18H15NO4S. The molecular weight excluding hydrogens is 326 g/mol. The van der Waals surface area contributed by atoms with E-state index in [9.17, 15) is 17.8 Å². The maximum atomic E-state index is 12.4. The van der Waals surface area contributed by atoms with Gasteiger partial charge in [0.15, 0.2) is 0 Å². The van der Waals surface area contributed by atoms with Crippen molar-refractivity contribution in [3.05, 3.63) is 71.8 Å². The van der Waals surface area contributed by atoms with Crippen LogP contribution in [0.3, 0.4) is 0 Å². The van der Waals surface area contributed by atoms with Crippen molar-refractivity contribution in [3.63, 3.8) is 0 Å². The molecule has 0 aromatic heterocycles. The second-order valence-electron chi connectivity index (χ2n) is 5.47. The van der Waals surface area contributed by atoms with Crippen LogP contribution < -0.4 is 5.32 Å². The third-order valence-electron chi connectivity index (χ3n) is 3.74. The molecule has 3 aromatic carbocycles. The van der Waals surface area contributed by atoms with Gasteiger partial charge in [-0.05, 0) is 47.5 Å². The van der Waals surface area contributed by atoms with E-state index in [4.69, 9.17) is 0 Å². The van der Waals surface area contributed by atoms with Gasteiger partial charge >= 0.3 is 0 Å². The van der Waals surface area contributed by atoms with E-state index in [0.717, 1.165) is 10.8 Å². The Kier molecular flexibility index (Phi) is 4.09. The zero-order chi connectivity index (χ0) is 17.3. The Morgan fingerprint density at radius 1 is 0.958 bits per heavy atom. The zero-order valence-electron chi connectivity index (χ0n) is 12.9. The van der Waals surface area contributed by atoms with E-state index < -0.39 is 10.1 Å². The minimum absolute atomic E-state index is 0.223. The van der Waals surface area contributed by atoms with E-state index in [0.29, 0.717) is 16.8 Å². The number of anilines is 1. The molecule has 0 fully saturated rings. The number of hydrogen-bond acceptors (Lipinski definition) is 3. The molecule has 5 nitrogen and oxygen atoms in total. The van der Waals surface area contributed by atoms with Crippen molar-refractivity contribution in [2.45, 2.75) is 11.8 Å². The largest absolute Gasteiger partial charge is 0.322 e. The number of rotatable bonds is 3.